The Morgan fingerprint density at radius 1 is 0.824 bits per heavy atom. The van der Waals surface area contributed by atoms with E-state index in [9.17, 15) is 5.11 Å². The summed E-state index contributed by atoms with van der Waals surface area (Å²) >= 11 is 0. The molecule has 5 rings (SSSR count). The van der Waals surface area contributed by atoms with E-state index in [0.29, 0.717) is 11.3 Å². The minimum Gasteiger partial charge on any atom is -0.392 e. The van der Waals surface area contributed by atoms with Crippen molar-refractivity contribution in [3.05, 3.63) is 0 Å². The van der Waals surface area contributed by atoms with E-state index < -0.39 is 0 Å². The molecule has 0 radical (unpaired) electrons. The fourth-order valence-corrected chi connectivity index (χ4v) is 6.31. The molecule has 0 heterocycles. The summed E-state index contributed by atoms with van der Waals surface area (Å²) in [7, 11) is 0. The van der Waals surface area contributed by atoms with Crippen LogP contribution >= 0.6 is 0 Å². The van der Waals surface area contributed by atoms with Crippen molar-refractivity contribution in [3.8, 4) is 0 Å². The van der Waals surface area contributed by atoms with Gasteiger partial charge in [-0.1, -0.05) is 12.8 Å². The molecule has 1 atom stereocenters. The van der Waals surface area contributed by atoms with Crippen molar-refractivity contribution in [2.45, 2.75) is 70.3 Å². The minimum absolute atomic E-state index is 0.0541. The third-order valence-corrected chi connectivity index (χ3v) is 6.56. The first kappa shape index (κ1) is 10.8. The van der Waals surface area contributed by atoms with Crippen LogP contribution in [-0.2, 0) is 0 Å². The Balaban J connectivity index is 1.59. The highest BCUT2D eigenvalue weighted by molar-refractivity contribution is 5.05. The molecule has 0 aromatic carbocycles. The molecule has 5 saturated carbocycles. The van der Waals surface area contributed by atoms with Crippen molar-refractivity contribution in [3.63, 3.8) is 0 Å². The minimum atomic E-state index is 0.0541. The van der Waals surface area contributed by atoms with Crippen molar-refractivity contribution < 1.29 is 5.11 Å². The van der Waals surface area contributed by atoms with Crippen molar-refractivity contribution in [2.75, 3.05) is 0 Å². The standard InChI is InChI=1S/C16H26O/c17-15(14-3-1-2-4-14)16-8-11-5-12(9-16)7-13(6-11)10-16/h11-15,17H,1-10H2. The Bertz CT molecular complexity index is 267. The first-order chi connectivity index (χ1) is 8.25. The van der Waals surface area contributed by atoms with Crippen LogP contribution in [0.3, 0.4) is 0 Å². The maximum absolute atomic E-state index is 10.9. The normalized spacial score (nSPS) is 51.0. The smallest absolute Gasteiger partial charge is 0.0624 e. The molecule has 0 saturated heterocycles. The maximum Gasteiger partial charge on any atom is 0.0624 e. The lowest BCUT2D eigenvalue weighted by Crippen LogP contribution is -2.53. The monoisotopic (exact) mass is 234 g/mol. The van der Waals surface area contributed by atoms with E-state index in [1.807, 2.05) is 0 Å². The van der Waals surface area contributed by atoms with Crippen LogP contribution in [-0.4, -0.2) is 11.2 Å². The highest BCUT2D eigenvalue weighted by Crippen LogP contribution is 2.62. The summed E-state index contributed by atoms with van der Waals surface area (Å²) in [6.07, 6.45) is 14.0. The molecular formula is C16H26O. The molecule has 5 aliphatic carbocycles. The lowest BCUT2D eigenvalue weighted by Gasteiger charge is -2.59. The van der Waals surface area contributed by atoms with Gasteiger partial charge in [-0.05, 0) is 80.5 Å². The van der Waals surface area contributed by atoms with Crippen molar-refractivity contribution in [2.24, 2.45) is 29.1 Å². The van der Waals surface area contributed by atoms with Crippen molar-refractivity contribution >= 4 is 0 Å². The molecule has 5 aliphatic rings. The van der Waals surface area contributed by atoms with Crippen LogP contribution in [0.25, 0.3) is 0 Å². The van der Waals surface area contributed by atoms with Crippen LogP contribution in [0.1, 0.15) is 64.2 Å². The van der Waals surface area contributed by atoms with Gasteiger partial charge in [-0.15, -0.1) is 0 Å². The largest absolute Gasteiger partial charge is 0.392 e. The van der Waals surface area contributed by atoms with E-state index in [1.54, 1.807) is 0 Å². The summed E-state index contributed by atoms with van der Waals surface area (Å²) in [6, 6.07) is 0. The molecule has 5 fully saturated rings. The summed E-state index contributed by atoms with van der Waals surface area (Å²) in [5, 5.41) is 10.9. The highest BCUT2D eigenvalue weighted by atomic mass is 16.3. The van der Waals surface area contributed by atoms with Gasteiger partial charge in [-0.3, -0.25) is 0 Å². The van der Waals surface area contributed by atoms with Gasteiger partial charge in [0.25, 0.3) is 0 Å². The second-order valence-electron chi connectivity index (χ2n) is 7.77. The Hall–Kier alpha value is -0.0400. The van der Waals surface area contributed by atoms with E-state index in [1.165, 1.54) is 64.2 Å². The van der Waals surface area contributed by atoms with Crippen LogP contribution in [0.2, 0.25) is 0 Å². The van der Waals surface area contributed by atoms with Crippen molar-refractivity contribution in [1.29, 1.82) is 0 Å². The zero-order valence-corrected chi connectivity index (χ0v) is 10.9. The fourth-order valence-electron chi connectivity index (χ4n) is 6.31. The SMILES string of the molecule is OC(C1CCCC1)C12CC3CC(CC(C3)C1)C2. The van der Waals surface area contributed by atoms with Crippen LogP contribution in [0.5, 0.6) is 0 Å². The second-order valence-corrected chi connectivity index (χ2v) is 7.77. The lowest BCUT2D eigenvalue weighted by atomic mass is 9.47. The van der Waals surface area contributed by atoms with Gasteiger partial charge in [0, 0.05) is 0 Å². The molecule has 0 spiro atoms. The van der Waals surface area contributed by atoms with Gasteiger partial charge in [-0.2, -0.15) is 0 Å². The second kappa shape index (κ2) is 3.73. The van der Waals surface area contributed by atoms with Gasteiger partial charge in [0.15, 0.2) is 0 Å². The Kier molecular flexibility index (Phi) is 2.38. The molecule has 1 nitrogen and oxygen atoms in total. The lowest BCUT2D eigenvalue weighted by molar-refractivity contribution is -0.137. The zero-order chi connectivity index (χ0) is 11.5. The molecule has 0 aromatic heterocycles. The Morgan fingerprint density at radius 2 is 1.29 bits per heavy atom. The number of hydrogen-bond donors (Lipinski definition) is 1. The first-order valence-electron chi connectivity index (χ1n) is 7.93. The van der Waals surface area contributed by atoms with Gasteiger partial charge in [0.05, 0.1) is 6.10 Å². The quantitative estimate of drug-likeness (QED) is 0.771. The Morgan fingerprint density at radius 3 is 1.76 bits per heavy atom. The van der Waals surface area contributed by atoms with Crippen LogP contribution in [0, 0.1) is 29.1 Å². The molecule has 0 aliphatic heterocycles. The number of hydrogen-bond acceptors (Lipinski definition) is 1. The molecular weight excluding hydrogens is 208 g/mol. The summed E-state index contributed by atoms with van der Waals surface area (Å²) < 4.78 is 0. The molecule has 1 unspecified atom stereocenters. The maximum atomic E-state index is 10.9. The molecule has 96 valence electrons. The third-order valence-electron chi connectivity index (χ3n) is 6.56. The summed E-state index contributed by atoms with van der Waals surface area (Å²) in [4.78, 5) is 0. The first-order valence-corrected chi connectivity index (χ1v) is 7.93. The topological polar surface area (TPSA) is 20.2 Å². The number of aliphatic hydroxyl groups excluding tert-OH is 1. The highest BCUT2D eigenvalue weighted by Gasteiger charge is 2.55. The Labute approximate surface area is 105 Å². The molecule has 0 amide bonds. The summed E-state index contributed by atoms with van der Waals surface area (Å²) in [6.45, 7) is 0. The average molecular weight is 234 g/mol. The van der Waals surface area contributed by atoms with Gasteiger partial charge in [-0.25, -0.2) is 0 Å². The zero-order valence-electron chi connectivity index (χ0n) is 10.9. The number of rotatable bonds is 2. The molecule has 0 aromatic rings. The molecule has 17 heavy (non-hydrogen) atoms. The average Bonchev–Trinajstić information content (AvgIpc) is 2.79. The van der Waals surface area contributed by atoms with Crippen LogP contribution in [0.4, 0.5) is 0 Å². The molecule has 1 heteroatoms. The molecule has 1 N–H and O–H groups in total. The van der Waals surface area contributed by atoms with Crippen LogP contribution in [0.15, 0.2) is 0 Å². The van der Waals surface area contributed by atoms with E-state index in [0.717, 1.165) is 17.8 Å². The predicted octanol–water partition coefficient (Wildman–Crippen LogP) is 3.75. The number of aliphatic hydroxyl groups is 1. The summed E-state index contributed by atoms with van der Waals surface area (Å²) in [5.41, 5.74) is 0.379. The van der Waals surface area contributed by atoms with E-state index in [4.69, 9.17) is 0 Å². The third kappa shape index (κ3) is 1.61. The van der Waals surface area contributed by atoms with Gasteiger partial charge in [0.2, 0.25) is 0 Å². The molecule has 4 bridgehead atoms. The van der Waals surface area contributed by atoms with Crippen molar-refractivity contribution in [1.82, 2.24) is 0 Å². The van der Waals surface area contributed by atoms with Gasteiger partial charge < -0.3 is 5.11 Å². The fraction of sp³-hybridized carbons (Fsp3) is 1.00. The van der Waals surface area contributed by atoms with E-state index >= 15 is 0 Å². The van der Waals surface area contributed by atoms with Gasteiger partial charge in [0.1, 0.15) is 0 Å². The van der Waals surface area contributed by atoms with Gasteiger partial charge >= 0.3 is 0 Å². The predicted molar refractivity (Wildman–Crippen MR) is 68.6 cm³/mol. The van der Waals surface area contributed by atoms with E-state index in [2.05, 4.69) is 0 Å². The van der Waals surface area contributed by atoms with Crippen LogP contribution < -0.4 is 0 Å². The summed E-state index contributed by atoms with van der Waals surface area (Å²) in [5.74, 6) is 3.61. The van der Waals surface area contributed by atoms with E-state index in [-0.39, 0.29) is 6.10 Å².